The van der Waals surface area contributed by atoms with E-state index in [1.807, 2.05) is 58.0 Å². The van der Waals surface area contributed by atoms with E-state index >= 15 is 0 Å². The van der Waals surface area contributed by atoms with Gasteiger partial charge in [-0.05, 0) is 39.7 Å². The highest BCUT2D eigenvalue weighted by Crippen LogP contribution is 2.34. The van der Waals surface area contributed by atoms with E-state index in [1.54, 1.807) is 4.90 Å². The van der Waals surface area contributed by atoms with E-state index in [9.17, 15) is 9.59 Å². The van der Waals surface area contributed by atoms with Gasteiger partial charge in [-0.1, -0.05) is 30.3 Å². The van der Waals surface area contributed by atoms with Gasteiger partial charge in [0.15, 0.2) is 0 Å². The summed E-state index contributed by atoms with van der Waals surface area (Å²) in [6.45, 7) is 8.70. The van der Waals surface area contributed by atoms with E-state index in [4.69, 9.17) is 9.47 Å². The van der Waals surface area contributed by atoms with Crippen LogP contribution in [0.3, 0.4) is 0 Å². The molecule has 2 rings (SSSR count). The van der Waals surface area contributed by atoms with Gasteiger partial charge in [0.25, 0.3) is 0 Å². The van der Waals surface area contributed by atoms with Crippen LogP contribution >= 0.6 is 0 Å². The fourth-order valence-electron chi connectivity index (χ4n) is 3.01. The summed E-state index contributed by atoms with van der Waals surface area (Å²) in [5, 5.41) is 0. The van der Waals surface area contributed by atoms with E-state index in [0.717, 1.165) is 5.56 Å². The Bertz CT molecular complexity index is 564. The van der Waals surface area contributed by atoms with Crippen LogP contribution in [0.4, 0.5) is 4.79 Å². The molecule has 1 aliphatic rings. The van der Waals surface area contributed by atoms with Gasteiger partial charge in [-0.25, -0.2) is 4.79 Å². The normalized spacial score (nSPS) is 21.2. The van der Waals surface area contributed by atoms with Crippen LogP contribution in [0.1, 0.15) is 45.6 Å². The van der Waals surface area contributed by atoms with Crippen molar-refractivity contribution >= 4 is 12.1 Å². The predicted molar refractivity (Wildman–Crippen MR) is 91.7 cm³/mol. The lowest BCUT2D eigenvalue weighted by Gasteiger charge is -2.38. The molecule has 1 aliphatic heterocycles. The molecule has 2 atom stereocenters. The fraction of sp³-hybridized carbons (Fsp3) is 0.579. The number of nitrogens with zero attached hydrogens (tertiary/aromatic N) is 1. The van der Waals surface area contributed by atoms with Crippen molar-refractivity contribution in [3.05, 3.63) is 35.9 Å². The first-order chi connectivity index (χ1) is 11.3. The molecule has 1 saturated heterocycles. The average Bonchev–Trinajstić information content (AvgIpc) is 2.54. The van der Waals surface area contributed by atoms with Crippen LogP contribution in [0.25, 0.3) is 0 Å². The third-order valence-corrected chi connectivity index (χ3v) is 4.08. The van der Waals surface area contributed by atoms with Crippen molar-refractivity contribution in [1.82, 2.24) is 4.90 Å². The van der Waals surface area contributed by atoms with Crippen LogP contribution in [0.2, 0.25) is 0 Å². The third kappa shape index (κ3) is 4.73. The van der Waals surface area contributed by atoms with Gasteiger partial charge in [0.05, 0.1) is 12.5 Å². The summed E-state index contributed by atoms with van der Waals surface area (Å²) in [4.78, 5) is 26.4. The number of likely N-dealkylation sites (tertiary alicyclic amines) is 1. The van der Waals surface area contributed by atoms with Crippen molar-refractivity contribution < 1.29 is 19.1 Å². The minimum absolute atomic E-state index is 0.0773. The molecule has 0 aromatic heterocycles. The van der Waals surface area contributed by atoms with Crippen LogP contribution in [0, 0.1) is 5.92 Å². The molecule has 0 spiro atoms. The topological polar surface area (TPSA) is 55.8 Å². The number of amides is 1. The quantitative estimate of drug-likeness (QED) is 0.793. The van der Waals surface area contributed by atoms with Gasteiger partial charge in [-0.15, -0.1) is 0 Å². The molecule has 0 saturated carbocycles. The van der Waals surface area contributed by atoms with E-state index in [1.165, 1.54) is 0 Å². The largest absolute Gasteiger partial charge is 0.466 e. The summed E-state index contributed by atoms with van der Waals surface area (Å²) >= 11 is 0. The molecule has 0 aliphatic carbocycles. The van der Waals surface area contributed by atoms with Gasteiger partial charge in [-0.3, -0.25) is 4.79 Å². The number of benzene rings is 1. The predicted octanol–water partition coefficient (Wildman–Crippen LogP) is 3.59. The lowest BCUT2D eigenvalue weighted by atomic mass is 9.81. The maximum absolute atomic E-state index is 12.4. The Morgan fingerprint density at radius 1 is 1.21 bits per heavy atom. The van der Waals surface area contributed by atoms with E-state index in [-0.39, 0.29) is 23.9 Å². The molecule has 132 valence electrons. The second-order valence-electron chi connectivity index (χ2n) is 7.09. The van der Waals surface area contributed by atoms with Gasteiger partial charge < -0.3 is 14.4 Å². The zero-order chi connectivity index (χ0) is 17.7. The highest BCUT2D eigenvalue weighted by Gasteiger charge is 2.38. The molecule has 5 heteroatoms. The van der Waals surface area contributed by atoms with Crippen LogP contribution in [-0.2, 0) is 14.3 Å². The number of carbonyl (C=O) groups excluding carboxylic acids is 2. The molecule has 1 heterocycles. The molecule has 0 bridgehead atoms. The molecule has 0 radical (unpaired) electrons. The summed E-state index contributed by atoms with van der Waals surface area (Å²) < 4.78 is 10.7. The van der Waals surface area contributed by atoms with Crippen molar-refractivity contribution in [1.29, 1.82) is 0 Å². The molecule has 1 unspecified atom stereocenters. The Morgan fingerprint density at radius 3 is 2.46 bits per heavy atom. The third-order valence-electron chi connectivity index (χ3n) is 4.08. The molecule has 1 aromatic carbocycles. The minimum atomic E-state index is -0.530. The smallest absolute Gasteiger partial charge is 0.410 e. The Hall–Kier alpha value is -2.04. The number of hydrogen-bond acceptors (Lipinski definition) is 4. The molecule has 24 heavy (non-hydrogen) atoms. The second-order valence-corrected chi connectivity index (χ2v) is 7.09. The molecular weight excluding hydrogens is 306 g/mol. The summed E-state index contributed by atoms with van der Waals surface area (Å²) in [7, 11) is 0. The monoisotopic (exact) mass is 333 g/mol. The molecular formula is C19H27NO4. The van der Waals surface area contributed by atoms with Crippen molar-refractivity contribution in [3.63, 3.8) is 0 Å². The van der Waals surface area contributed by atoms with Crippen molar-refractivity contribution in [3.8, 4) is 0 Å². The lowest BCUT2D eigenvalue weighted by Crippen LogP contribution is -2.47. The zero-order valence-electron chi connectivity index (χ0n) is 15.0. The van der Waals surface area contributed by atoms with Gasteiger partial charge >= 0.3 is 12.1 Å². The minimum Gasteiger partial charge on any atom is -0.466 e. The van der Waals surface area contributed by atoms with Crippen LogP contribution in [0.5, 0.6) is 0 Å². The Kier molecular flexibility index (Phi) is 5.86. The highest BCUT2D eigenvalue weighted by molar-refractivity contribution is 5.75. The number of esters is 1. The van der Waals surface area contributed by atoms with Gasteiger partial charge in [-0.2, -0.15) is 0 Å². The van der Waals surface area contributed by atoms with E-state index < -0.39 is 5.60 Å². The van der Waals surface area contributed by atoms with Gasteiger partial charge in [0, 0.05) is 19.0 Å². The van der Waals surface area contributed by atoms with Crippen molar-refractivity contribution in [2.45, 2.75) is 45.6 Å². The van der Waals surface area contributed by atoms with Crippen molar-refractivity contribution in [2.75, 3.05) is 19.7 Å². The average molecular weight is 333 g/mol. The molecule has 5 nitrogen and oxygen atoms in total. The standard InChI is InChI=1S/C19H27NO4/c1-5-23-17(21)15-11-12-20(18(22)24-19(2,3)4)13-16(15)14-9-7-6-8-10-14/h6-10,15-16H,5,11-13H2,1-4H3/t15?,16-/m1/s1. The van der Waals surface area contributed by atoms with E-state index in [2.05, 4.69) is 0 Å². The number of carbonyl (C=O) groups is 2. The van der Waals surface area contributed by atoms with Crippen LogP contribution in [-0.4, -0.2) is 42.3 Å². The first kappa shape index (κ1) is 18.3. The van der Waals surface area contributed by atoms with Crippen LogP contribution < -0.4 is 0 Å². The SMILES string of the molecule is CCOC(=O)C1CCN(C(=O)OC(C)(C)C)C[C@@H]1c1ccccc1. The molecule has 0 N–H and O–H groups in total. The Labute approximate surface area is 143 Å². The van der Waals surface area contributed by atoms with Gasteiger partial charge in [0.1, 0.15) is 5.60 Å². The van der Waals surface area contributed by atoms with Crippen molar-refractivity contribution in [2.24, 2.45) is 5.92 Å². The first-order valence-electron chi connectivity index (χ1n) is 8.51. The summed E-state index contributed by atoms with van der Waals surface area (Å²) in [5.41, 5.74) is 0.515. The summed E-state index contributed by atoms with van der Waals surface area (Å²) in [5.74, 6) is -0.493. The Balaban J connectivity index is 2.18. The summed E-state index contributed by atoms with van der Waals surface area (Å²) in [6.07, 6.45) is 0.253. The first-order valence-corrected chi connectivity index (χ1v) is 8.51. The number of ether oxygens (including phenoxy) is 2. The number of hydrogen-bond donors (Lipinski definition) is 0. The van der Waals surface area contributed by atoms with Gasteiger partial charge in [0.2, 0.25) is 0 Å². The zero-order valence-corrected chi connectivity index (χ0v) is 15.0. The maximum Gasteiger partial charge on any atom is 0.410 e. The number of piperidine rings is 1. The Morgan fingerprint density at radius 2 is 1.88 bits per heavy atom. The van der Waals surface area contributed by atoms with E-state index in [0.29, 0.717) is 26.1 Å². The fourth-order valence-corrected chi connectivity index (χ4v) is 3.01. The second kappa shape index (κ2) is 7.69. The molecule has 1 amide bonds. The highest BCUT2D eigenvalue weighted by atomic mass is 16.6. The summed E-state index contributed by atoms with van der Waals surface area (Å²) in [6, 6.07) is 9.83. The lowest BCUT2D eigenvalue weighted by molar-refractivity contribution is -0.150. The number of rotatable bonds is 3. The molecule has 1 aromatic rings. The molecule has 1 fully saturated rings. The maximum atomic E-state index is 12.4. The van der Waals surface area contributed by atoms with Crippen LogP contribution in [0.15, 0.2) is 30.3 Å².